The highest BCUT2D eigenvalue weighted by molar-refractivity contribution is 6.33. The quantitative estimate of drug-likeness (QED) is 0.887. The third-order valence-corrected chi connectivity index (χ3v) is 3.33. The van der Waals surface area contributed by atoms with E-state index in [2.05, 4.69) is 10.6 Å². The van der Waals surface area contributed by atoms with E-state index in [9.17, 15) is 9.18 Å². The van der Waals surface area contributed by atoms with Gasteiger partial charge in [-0.05, 0) is 44.2 Å². The summed E-state index contributed by atoms with van der Waals surface area (Å²) in [6.45, 7) is 3.74. The number of hydrogen-bond donors (Lipinski definition) is 2. The number of anilines is 2. The van der Waals surface area contributed by atoms with Crippen molar-refractivity contribution >= 4 is 28.9 Å². The van der Waals surface area contributed by atoms with Gasteiger partial charge in [-0.25, -0.2) is 4.39 Å². The monoisotopic (exact) mass is 306 g/mol. The number of halogens is 2. The topological polar surface area (TPSA) is 41.1 Å². The summed E-state index contributed by atoms with van der Waals surface area (Å²) in [6.07, 6.45) is 0. The molecule has 0 aromatic heterocycles. The lowest BCUT2D eigenvalue weighted by atomic mass is 10.2. The van der Waals surface area contributed by atoms with Crippen LogP contribution < -0.4 is 10.6 Å². The number of nitrogens with one attached hydrogen (secondary N) is 2. The van der Waals surface area contributed by atoms with Crippen LogP contribution in [0.15, 0.2) is 42.5 Å². The molecule has 2 rings (SSSR count). The molecular weight excluding hydrogens is 291 g/mol. The summed E-state index contributed by atoms with van der Waals surface area (Å²) in [7, 11) is 0. The van der Waals surface area contributed by atoms with E-state index >= 15 is 0 Å². The van der Waals surface area contributed by atoms with Crippen molar-refractivity contribution < 1.29 is 9.18 Å². The minimum atomic E-state index is -0.450. The maximum atomic E-state index is 13.0. The Labute approximate surface area is 128 Å². The van der Waals surface area contributed by atoms with Gasteiger partial charge in [0, 0.05) is 5.69 Å². The smallest absolute Gasteiger partial charge is 0.246 e. The molecule has 0 aliphatic carbocycles. The van der Waals surface area contributed by atoms with E-state index in [1.54, 1.807) is 6.92 Å². The fourth-order valence-corrected chi connectivity index (χ4v) is 2.01. The first-order chi connectivity index (χ1) is 9.95. The first-order valence-corrected chi connectivity index (χ1v) is 6.92. The molecule has 0 spiro atoms. The molecule has 0 aliphatic rings. The Morgan fingerprint density at radius 1 is 1.19 bits per heavy atom. The first kappa shape index (κ1) is 15.3. The molecule has 0 heterocycles. The minimum Gasteiger partial charge on any atom is -0.374 e. The lowest BCUT2D eigenvalue weighted by molar-refractivity contribution is -0.116. The number of amides is 1. The zero-order valence-electron chi connectivity index (χ0n) is 11.8. The molecule has 0 bridgehead atoms. The highest BCUT2D eigenvalue weighted by Gasteiger charge is 2.14. The molecule has 0 saturated carbocycles. The second-order valence-electron chi connectivity index (χ2n) is 4.85. The molecule has 0 saturated heterocycles. The average Bonchev–Trinajstić information content (AvgIpc) is 2.44. The van der Waals surface area contributed by atoms with Gasteiger partial charge >= 0.3 is 0 Å². The molecule has 2 aromatic rings. The zero-order valence-corrected chi connectivity index (χ0v) is 12.5. The lowest BCUT2D eigenvalue weighted by Crippen LogP contribution is -2.31. The Bertz CT molecular complexity index is 643. The van der Waals surface area contributed by atoms with Crippen LogP contribution in [0.25, 0.3) is 0 Å². The van der Waals surface area contributed by atoms with Crippen LogP contribution in [-0.4, -0.2) is 11.9 Å². The predicted octanol–water partition coefficient (Wildman–Crippen LogP) is 4.23. The molecular formula is C16H16ClFN2O. The number of rotatable bonds is 4. The van der Waals surface area contributed by atoms with Gasteiger partial charge in [0.15, 0.2) is 0 Å². The van der Waals surface area contributed by atoms with Gasteiger partial charge in [0.25, 0.3) is 0 Å². The minimum absolute atomic E-state index is 0.172. The van der Waals surface area contributed by atoms with Crippen LogP contribution in [0.1, 0.15) is 12.5 Å². The normalized spacial score (nSPS) is 11.8. The lowest BCUT2D eigenvalue weighted by Gasteiger charge is -2.16. The molecule has 3 nitrogen and oxygen atoms in total. The van der Waals surface area contributed by atoms with Gasteiger partial charge in [0.2, 0.25) is 5.91 Å². The Morgan fingerprint density at radius 3 is 2.48 bits per heavy atom. The van der Waals surface area contributed by atoms with Crippen LogP contribution in [0.4, 0.5) is 15.8 Å². The largest absolute Gasteiger partial charge is 0.374 e. The summed E-state index contributed by atoms with van der Waals surface area (Å²) in [5.74, 6) is -0.687. The Kier molecular flexibility index (Phi) is 4.81. The summed E-state index contributed by atoms with van der Waals surface area (Å²) in [6, 6.07) is 11.1. The van der Waals surface area contributed by atoms with E-state index < -0.39 is 11.9 Å². The molecule has 1 atom stereocenters. The van der Waals surface area contributed by atoms with E-state index in [-0.39, 0.29) is 10.9 Å². The number of aryl methyl sites for hydroxylation is 1. The van der Waals surface area contributed by atoms with Crippen molar-refractivity contribution in [2.24, 2.45) is 0 Å². The van der Waals surface area contributed by atoms with Crippen molar-refractivity contribution in [2.75, 3.05) is 10.6 Å². The van der Waals surface area contributed by atoms with Crippen molar-refractivity contribution in [2.45, 2.75) is 19.9 Å². The second-order valence-corrected chi connectivity index (χ2v) is 5.25. The summed E-state index contributed by atoms with van der Waals surface area (Å²) in [4.78, 5) is 12.1. The molecule has 21 heavy (non-hydrogen) atoms. The molecule has 2 N–H and O–H groups in total. The molecule has 0 unspecified atom stereocenters. The number of carbonyl (C=O) groups is 1. The van der Waals surface area contributed by atoms with Crippen molar-refractivity contribution in [1.82, 2.24) is 0 Å². The van der Waals surface area contributed by atoms with Crippen molar-refractivity contribution in [3.05, 3.63) is 58.9 Å². The predicted molar refractivity (Wildman–Crippen MR) is 84.3 cm³/mol. The number of carbonyl (C=O) groups excluding carboxylic acids is 1. The van der Waals surface area contributed by atoms with E-state index in [0.717, 1.165) is 17.3 Å². The van der Waals surface area contributed by atoms with Crippen LogP contribution in [0, 0.1) is 12.7 Å². The van der Waals surface area contributed by atoms with Crippen LogP contribution >= 0.6 is 11.6 Å². The molecule has 2 aromatic carbocycles. The first-order valence-electron chi connectivity index (χ1n) is 6.55. The van der Waals surface area contributed by atoms with Crippen LogP contribution in [-0.2, 0) is 4.79 Å². The van der Waals surface area contributed by atoms with E-state index in [1.165, 1.54) is 12.1 Å². The third kappa shape index (κ3) is 4.20. The van der Waals surface area contributed by atoms with Crippen LogP contribution in [0.5, 0.6) is 0 Å². The van der Waals surface area contributed by atoms with Crippen molar-refractivity contribution in [1.29, 1.82) is 0 Å². The Hall–Kier alpha value is -2.07. The fraction of sp³-hybridized carbons (Fsp3) is 0.188. The average molecular weight is 307 g/mol. The fourth-order valence-electron chi connectivity index (χ4n) is 1.80. The second kappa shape index (κ2) is 6.59. The van der Waals surface area contributed by atoms with Gasteiger partial charge < -0.3 is 10.6 Å². The van der Waals surface area contributed by atoms with Gasteiger partial charge in [0.1, 0.15) is 11.9 Å². The Morgan fingerprint density at radius 2 is 1.86 bits per heavy atom. The van der Waals surface area contributed by atoms with Gasteiger partial charge in [-0.2, -0.15) is 0 Å². The van der Waals surface area contributed by atoms with Gasteiger partial charge in [-0.15, -0.1) is 0 Å². The highest BCUT2D eigenvalue weighted by atomic mass is 35.5. The van der Waals surface area contributed by atoms with E-state index in [4.69, 9.17) is 11.6 Å². The van der Waals surface area contributed by atoms with E-state index in [0.29, 0.717) is 5.69 Å². The molecule has 110 valence electrons. The van der Waals surface area contributed by atoms with Crippen LogP contribution in [0.2, 0.25) is 5.02 Å². The third-order valence-electron chi connectivity index (χ3n) is 3.02. The van der Waals surface area contributed by atoms with Gasteiger partial charge in [-0.1, -0.05) is 29.3 Å². The molecule has 1 amide bonds. The summed E-state index contributed by atoms with van der Waals surface area (Å²) in [5, 5.41) is 5.93. The molecule has 0 fully saturated rings. The summed E-state index contributed by atoms with van der Waals surface area (Å²) < 4.78 is 13.0. The van der Waals surface area contributed by atoms with E-state index in [1.807, 2.05) is 31.2 Å². The maximum absolute atomic E-state index is 13.0. The van der Waals surface area contributed by atoms with Gasteiger partial charge in [0.05, 0.1) is 10.7 Å². The number of benzene rings is 2. The Balaban J connectivity index is 2.00. The zero-order chi connectivity index (χ0) is 15.4. The van der Waals surface area contributed by atoms with Crippen molar-refractivity contribution in [3.8, 4) is 0 Å². The number of hydrogen-bond acceptors (Lipinski definition) is 2. The van der Waals surface area contributed by atoms with Crippen LogP contribution in [0.3, 0.4) is 0 Å². The molecule has 5 heteroatoms. The highest BCUT2D eigenvalue weighted by Crippen LogP contribution is 2.22. The summed E-state index contributed by atoms with van der Waals surface area (Å²) >= 11 is 5.88. The standard InChI is InChI=1S/C16H16ClFN2O/c1-10-3-6-13(7-4-10)19-11(2)16(21)20-15-8-5-12(18)9-14(15)17/h3-9,11,19H,1-2H3,(H,20,21)/t11-/m1/s1. The molecule has 0 radical (unpaired) electrons. The SMILES string of the molecule is Cc1ccc(N[C@H](C)C(=O)Nc2ccc(F)cc2Cl)cc1. The summed E-state index contributed by atoms with van der Waals surface area (Å²) in [5.41, 5.74) is 2.39. The molecule has 0 aliphatic heterocycles. The van der Waals surface area contributed by atoms with Gasteiger partial charge in [-0.3, -0.25) is 4.79 Å². The maximum Gasteiger partial charge on any atom is 0.246 e. The van der Waals surface area contributed by atoms with Crippen molar-refractivity contribution in [3.63, 3.8) is 0 Å².